The van der Waals surface area contributed by atoms with Crippen LogP contribution in [0.15, 0.2) is 52.0 Å². The summed E-state index contributed by atoms with van der Waals surface area (Å²) in [6, 6.07) is 8.90. The molecule has 4 rings (SSSR count). The molecule has 0 bridgehead atoms. The van der Waals surface area contributed by atoms with Crippen molar-refractivity contribution in [3.8, 4) is 0 Å². The molecule has 0 atom stereocenters. The van der Waals surface area contributed by atoms with Crippen molar-refractivity contribution in [1.82, 2.24) is 29.3 Å². The zero-order chi connectivity index (χ0) is 19.3. The van der Waals surface area contributed by atoms with Crippen molar-refractivity contribution in [3.05, 3.63) is 59.0 Å². The summed E-state index contributed by atoms with van der Waals surface area (Å²) in [4.78, 5) is 28.8. The summed E-state index contributed by atoms with van der Waals surface area (Å²) in [6.45, 7) is 6.55. The largest absolute Gasteiger partial charge is 0.459 e. The molecule has 1 saturated heterocycles. The lowest BCUT2D eigenvalue weighted by Crippen LogP contribution is -2.49. The molecular formula is C19H24N6O3. The van der Waals surface area contributed by atoms with Gasteiger partial charge in [-0.3, -0.25) is 19.0 Å². The van der Waals surface area contributed by atoms with Crippen LogP contribution in [0.3, 0.4) is 0 Å². The highest BCUT2D eigenvalue weighted by Gasteiger charge is 2.17. The minimum atomic E-state index is -0.179. The van der Waals surface area contributed by atoms with Crippen LogP contribution in [0.1, 0.15) is 10.6 Å². The van der Waals surface area contributed by atoms with Crippen LogP contribution in [0.5, 0.6) is 0 Å². The smallest absolute Gasteiger partial charge is 0.350 e. The third-order valence-electron chi connectivity index (χ3n) is 5.04. The van der Waals surface area contributed by atoms with Crippen LogP contribution in [0, 0.1) is 0 Å². The second-order valence-corrected chi connectivity index (χ2v) is 6.85. The van der Waals surface area contributed by atoms with E-state index in [4.69, 9.17) is 4.42 Å². The van der Waals surface area contributed by atoms with Gasteiger partial charge in [-0.25, -0.2) is 9.48 Å². The Hall–Kier alpha value is -2.91. The number of hydrogen-bond acceptors (Lipinski definition) is 6. The lowest BCUT2D eigenvalue weighted by molar-refractivity contribution is 0.0908. The predicted molar refractivity (Wildman–Crippen MR) is 103 cm³/mol. The molecule has 0 aliphatic carbocycles. The van der Waals surface area contributed by atoms with Crippen molar-refractivity contribution in [1.29, 1.82) is 0 Å². The molecule has 1 aliphatic rings. The molecule has 1 amide bonds. The Bertz CT molecular complexity index is 969. The lowest BCUT2D eigenvalue weighted by atomic mass is 10.3. The minimum absolute atomic E-state index is 0.0958. The van der Waals surface area contributed by atoms with Crippen molar-refractivity contribution in [2.24, 2.45) is 0 Å². The molecule has 148 valence electrons. The Kier molecular flexibility index (Phi) is 5.54. The average molecular weight is 384 g/mol. The second-order valence-electron chi connectivity index (χ2n) is 6.85. The Labute approximate surface area is 162 Å². The summed E-state index contributed by atoms with van der Waals surface area (Å²) in [5, 5.41) is 7.24. The highest BCUT2D eigenvalue weighted by Crippen LogP contribution is 2.03. The molecule has 1 fully saturated rings. The summed E-state index contributed by atoms with van der Waals surface area (Å²) < 4.78 is 8.18. The number of amides is 1. The standard InChI is InChI=1S/C19H24N6O3/c26-18(16-4-3-15-28-16)20-6-8-22-9-11-23(12-10-22)13-14-25-19(27)24-7-2-1-5-17(24)21-25/h1-5,7,15H,6,8-14H2,(H,20,26). The fraction of sp³-hybridized carbons (Fsp3) is 0.421. The van der Waals surface area contributed by atoms with Gasteiger partial charge < -0.3 is 9.73 Å². The van der Waals surface area contributed by atoms with Gasteiger partial charge in [0.05, 0.1) is 12.8 Å². The normalized spacial score (nSPS) is 15.9. The number of fused-ring (bicyclic) bond motifs is 1. The van der Waals surface area contributed by atoms with E-state index in [1.54, 1.807) is 22.7 Å². The van der Waals surface area contributed by atoms with E-state index in [0.29, 0.717) is 24.5 Å². The number of aromatic nitrogens is 3. The van der Waals surface area contributed by atoms with Gasteiger partial charge >= 0.3 is 5.69 Å². The van der Waals surface area contributed by atoms with Crippen molar-refractivity contribution < 1.29 is 9.21 Å². The fourth-order valence-electron chi connectivity index (χ4n) is 3.41. The number of carbonyl (C=O) groups is 1. The first-order chi connectivity index (χ1) is 13.7. The molecule has 28 heavy (non-hydrogen) atoms. The number of nitrogens with zero attached hydrogens (tertiary/aromatic N) is 5. The van der Waals surface area contributed by atoms with Gasteiger partial charge in [-0.1, -0.05) is 6.07 Å². The topological polar surface area (TPSA) is 88.0 Å². The molecule has 1 N–H and O–H groups in total. The summed E-state index contributed by atoms with van der Waals surface area (Å²) >= 11 is 0. The monoisotopic (exact) mass is 384 g/mol. The molecule has 9 heteroatoms. The predicted octanol–water partition coefficient (Wildman–Crippen LogP) is 0.137. The van der Waals surface area contributed by atoms with Crippen molar-refractivity contribution in [2.45, 2.75) is 6.54 Å². The van der Waals surface area contributed by atoms with Gasteiger partial charge in [0.25, 0.3) is 5.91 Å². The summed E-state index contributed by atoms with van der Waals surface area (Å²) in [6.07, 6.45) is 3.24. The maximum absolute atomic E-state index is 12.3. The number of piperazine rings is 1. The minimum Gasteiger partial charge on any atom is -0.459 e. The van der Waals surface area contributed by atoms with Crippen LogP contribution in [0.25, 0.3) is 5.65 Å². The maximum atomic E-state index is 12.3. The Morgan fingerprint density at radius 1 is 1.04 bits per heavy atom. The number of hydrogen-bond donors (Lipinski definition) is 1. The molecule has 0 spiro atoms. The van der Waals surface area contributed by atoms with E-state index < -0.39 is 0 Å². The molecule has 3 aromatic heterocycles. The van der Waals surface area contributed by atoms with E-state index in [2.05, 4.69) is 20.2 Å². The molecule has 0 saturated carbocycles. The van der Waals surface area contributed by atoms with Crippen LogP contribution in [0.4, 0.5) is 0 Å². The Morgan fingerprint density at radius 2 is 1.82 bits per heavy atom. The van der Waals surface area contributed by atoms with E-state index in [0.717, 1.165) is 39.3 Å². The Morgan fingerprint density at radius 3 is 2.54 bits per heavy atom. The van der Waals surface area contributed by atoms with Gasteiger partial charge in [-0.05, 0) is 24.3 Å². The zero-order valence-corrected chi connectivity index (χ0v) is 15.7. The van der Waals surface area contributed by atoms with Gasteiger partial charge in [-0.15, -0.1) is 5.10 Å². The summed E-state index contributed by atoms with van der Waals surface area (Å²) in [5.41, 5.74) is 0.579. The third kappa shape index (κ3) is 4.15. The number of nitrogens with one attached hydrogen (secondary N) is 1. The molecule has 3 aromatic rings. The van der Waals surface area contributed by atoms with Crippen LogP contribution in [0.2, 0.25) is 0 Å². The SMILES string of the molecule is O=C(NCCN1CCN(CCn2nc3ccccn3c2=O)CC1)c1ccco1. The fourth-order valence-corrected chi connectivity index (χ4v) is 3.41. The molecule has 0 radical (unpaired) electrons. The zero-order valence-electron chi connectivity index (χ0n) is 15.7. The number of rotatable bonds is 7. The highest BCUT2D eigenvalue weighted by atomic mass is 16.3. The van der Waals surface area contributed by atoms with Crippen LogP contribution < -0.4 is 11.0 Å². The van der Waals surface area contributed by atoms with E-state index in [1.165, 1.54) is 10.9 Å². The van der Waals surface area contributed by atoms with Gasteiger partial charge in [0.1, 0.15) is 0 Å². The van der Waals surface area contributed by atoms with Gasteiger partial charge in [0.2, 0.25) is 0 Å². The summed E-state index contributed by atoms with van der Waals surface area (Å²) in [7, 11) is 0. The second kappa shape index (κ2) is 8.41. The lowest BCUT2D eigenvalue weighted by Gasteiger charge is -2.34. The quantitative estimate of drug-likeness (QED) is 0.623. The van der Waals surface area contributed by atoms with Gasteiger partial charge in [-0.2, -0.15) is 0 Å². The number of pyridine rings is 1. The first-order valence-corrected chi connectivity index (χ1v) is 9.51. The number of carbonyl (C=O) groups excluding carboxylic acids is 1. The van der Waals surface area contributed by atoms with Crippen molar-refractivity contribution in [3.63, 3.8) is 0 Å². The molecule has 1 aliphatic heterocycles. The first-order valence-electron chi connectivity index (χ1n) is 9.51. The summed E-state index contributed by atoms with van der Waals surface area (Å²) in [5.74, 6) is 0.161. The van der Waals surface area contributed by atoms with Crippen LogP contribution in [-0.4, -0.2) is 75.7 Å². The van der Waals surface area contributed by atoms with E-state index >= 15 is 0 Å². The van der Waals surface area contributed by atoms with Crippen LogP contribution in [-0.2, 0) is 6.54 Å². The van der Waals surface area contributed by atoms with Crippen LogP contribution >= 0.6 is 0 Å². The third-order valence-corrected chi connectivity index (χ3v) is 5.04. The Balaban J connectivity index is 1.18. The molecular weight excluding hydrogens is 360 g/mol. The van der Waals surface area contributed by atoms with Crippen molar-refractivity contribution >= 4 is 11.6 Å². The molecule has 9 nitrogen and oxygen atoms in total. The maximum Gasteiger partial charge on any atom is 0.350 e. The van der Waals surface area contributed by atoms with Gasteiger partial charge in [0.15, 0.2) is 11.4 Å². The van der Waals surface area contributed by atoms with E-state index in [-0.39, 0.29) is 11.6 Å². The van der Waals surface area contributed by atoms with Gasteiger partial charge in [0, 0.05) is 52.0 Å². The van der Waals surface area contributed by atoms with E-state index in [1.807, 2.05) is 18.2 Å². The molecule has 4 heterocycles. The number of furan rings is 1. The first kappa shape index (κ1) is 18.5. The van der Waals surface area contributed by atoms with E-state index in [9.17, 15) is 9.59 Å². The highest BCUT2D eigenvalue weighted by molar-refractivity contribution is 5.91. The average Bonchev–Trinajstić information content (AvgIpc) is 3.36. The van der Waals surface area contributed by atoms with Crippen molar-refractivity contribution in [2.75, 3.05) is 45.8 Å². The molecule has 0 unspecified atom stereocenters. The molecule has 0 aromatic carbocycles.